The minimum absolute atomic E-state index is 0.351. The van der Waals surface area contributed by atoms with E-state index in [2.05, 4.69) is 26.4 Å². The minimum Gasteiger partial charge on any atom is -0.475 e. The molecule has 3 heterocycles. The lowest BCUT2D eigenvalue weighted by Gasteiger charge is -2.33. The number of imidazole rings is 1. The lowest BCUT2D eigenvalue weighted by Crippen LogP contribution is -2.38. The highest BCUT2D eigenvalue weighted by molar-refractivity contribution is 7.09. The summed E-state index contributed by atoms with van der Waals surface area (Å²) < 4.78 is 39.3. The largest absolute Gasteiger partial charge is 0.490 e. The summed E-state index contributed by atoms with van der Waals surface area (Å²) in [7, 11) is 1.75. The minimum atomic E-state index is -5.08. The zero-order valence-corrected chi connectivity index (χ0v) is 15.0. The third-order valence-electron chi connectivity index (χ3n) is 3.81. The first-order valence-electron chi connectivity index (χ1n) is 7.63. The van der Waals surface area contributed by atoms with Crippen molar-refractivity contribution in [2.24, 2.45) is 0 Å². The van der Waals surface area contributed by atoms with Crippen molar-refractivity contribution < 1.29 is 27.8 Å². The average molecular weight is 392 g/mol. The molecule has 0 amide bonds. The van der Waals surface area contributed by atoms with Crippen LogP contribution in [0.5, 0.6) is 0 Å². The number of carbonyl (C=O) groups is 1. The number of carboxylic acids is 1. The van der Waals surface area contributed by atoms with Crippen LogP contribution in [0.15, 0.2) is 18.0 Å². The fourth-order valence-corrected chi connectivity index (χ4v) is 3.41. The number of nitrogens with zero attached hydrogens (tertiary/aromatic N) is 4. The molecular formula is C15H19F3N4O3S. The quantitative estimate of drug-likeness (QED) is 0.861. The van der Waals surface area contributed by atoms with Gasteiger partial charge < -0.3 is 14.4 Å². The Bertz CT molecular complexity index is 732. The number of halogens is 3. The fraction of sp³-hybridized carbons (Fsp3) is 0.533. The molecule has 1 aliphatic rings. The third kappa shape index (κ3) is 5.26. The Morgan fingerprint density at radius 2 is 2.19 bits per heavy atom. The molecule has 0 saturated heterocycles. The molecule has 11 heteroatoms. The highest BCUT2D eigenvalue weighted by atomic mass is 32.1. The Hall–Kier alpha value is -1.98. The van der Waals surface area contributed by atoms with E-state index >= 15 is 0 Å². The predicted molar refractivity (Wildman–Crippen MR) is 87.8 cm³/mol. The third-order valence-corrected chi connectivity index (χ3v) is 4.73. The maximum atomic E-state index is 10.6. The molecule has 0 saturated carbocycles. The van der Waals surface area contributed by atoms with Crippen molar-refractivity contribution in [3.63, 3.8) is 0 Å². The van der Waals surface area contributed by atoms with Crippen LogP contribution in [0.2, 0.25) is 0 Å². The van der Waals surface area contributed by atoms with Gasteiger partial charge in [0.15, 0.2) is 0 Å². The van der Waals surface area contributed by atoms with Gasteiger partial charge in [0.2, 0.25) is 0 Å². The van der Waals surface area contributed by atoms with Crippen molar-refractivity contribution in [2.45, 2.75) is 32.2 Å². The van der Waals surface area contributed by atoms with E-state index in [4.69, 9.17) is 14.6 Å². The summed E-state index contributed by atoms with van der Waals surface area (Å²) in [6.45, 7) is 5.70. The molecule has 0 radical (unpaired) electrons. The monoisotopic (exact) mass is 392 g/mol. The molecule has 1 N–H and O–H groups in total. The van der Waals surface area contributed by atoms with Gasteiger partial charge in [0, 0.05) is 37.8 Å². The summed E-state index contributed by atoms with van der Waals surface area (Å²) >= 11 is 1.73. The number of carboxylic acid groups (broad SMARTS) is 1. The van der Waals surface area contributed by atoms with Crippen LogP contribution in [0.3, 0.4) is 0 Å². The van der Waals surface area contributed by atoms with Crippen LogP contribution in [-0.2, 0) is 22.6 Å². The summed E-state index contributed by atoms with van der Waals surface area (Å²) in [5, 5.41) is 7.12. The number of hydrogen-bond donors (Lipinski definition) is 1. The van der Waals surface area contributed by atoms with Crippen molar-refractivity contribution in [3.05, 3.63) is 34.3 Å². The first-order valence-corrected chi connectivity index (χ1v) is 8.51. The molecule has 0 aliphatic carbocycles. The Morgan fingerprint density at radius 1 is 1.50 bits per heavy atom. The van der Waals surface area contributed by atoms with Gasteiger partial charge in [-0.15, -0.1) is 11.3 Å². The zero-order valence-electron chi connectivity index (χ0n) is 14.2. The average Bonchev–Trinajstić information content (AvgIpc) is 3.17. The van der Waals surface area contributed by atoms with Crippen LogP contribution < -0.4 is 0 Å². The van der Waals surface area contributed by atoms with Gasteiger partial charge in [-0.3, -0.25) is 4.90 Å². The van der Waals surface area contributed by atoms with E-state index in [0.29, 0.717) is 6.04 Å². The first-order chi connectivity index (χ1) is 12.2. The molecule has 1 unspecified atom stereocenters. The number of thiazole rings is 1. The molecule has 3 rings (SSSR count). The van der Waals surface area contributed by atoms with Crippen molar-refractivity contribution in [3.8, 4) is 0 Å². The number of rotatable bonds is 4. The SMILES string of the molecule is COCC1CN(Cc2scnc2C)Cc2cncn21.O=C(O)C(F)(F)F. The molecule has 0 spiro atoms. The molecule has 0 bridgehead atoms. The summed E-state index contributed by atoms with van der Waals surface area (Å²) in [6, 6.07) is 0.351. The van der Waals surface area contributed by atoms with Crippen molar-refractivity contribution in [1.29, 1.82) is 0 Å². The van der Waals surface area contributed by atoms with E-state index < -0.39 is 12.1 Å². The molecular weight excluding hydrogens is 373 g/mol. The lowest BCUT2D eigenvalue weighted by molar-refractivity contribution is -0.192. The van der Waals surface area contributed by atoms with Gasteiger partial charge in [-0.05, 0) is 6.92 Å². The smallest absolute Gasteiger partial charge is 0.475 e. The van der Waals surface area contributed by atoms with Crippen molar-refractivity contribution in [1.82, 2.24) is 19.4 Å². The molecule has 2 aromatic heterocycles. The Balaban J connectivity index is 0.000000298. The van der Waals surface area contributed by atoms with Gasteiger partial charge in [-0.2, -0.15) is 13.2 Å². The number of aliphatic carboxylic acids is 1. The number of alkyl halides is 3. The molecule has 2 aromatic rings. The molecule has 7 nitrogen and oxygen atoms in total. The van der Waals surface area contributed by atoms with Crippen LogP contribution in [-0.4, -0.2) is 56.9 Å². The highest BCUT2D eigenvalue weighted by Crippen LogP contribution is 2.24. The number of aryl methyl sites for hydroxylation is 1. The van der Waals surface area contributed by atoms with E-state index in [1.807, 2.05) is 18.0 Å². The van der Waals surface area contributed by atoms with Gasteiger partial charge in [-0.1, -0.05) is 0 Å². The van der Waals surface area contributed by atoms with Crippen LogP contribution in [0.25, 0.3) is 0 Å². The van der Waals surface area contributed by atoms with Gasteiger partial charge in [-0.25, -0.2) is 14.8 Å². The number of ether oxygens (including phenoxy) is 1. The normalized spacial score (nSPS) is 17.3. The van der Waals surface area contributed by atoms with Crippen LogP contribution in [0, 0.1) is 6.92 Å². The number of hydrogen-bond acceptors (Lipinski definition) is 6. The van der Waals surface area contributed by atoms with E-state index in [0.717, 1.165) is 31.9 Å². The van der Waals surface area contributed by atoms with Gasteiger partial charge in [0.1, 0.15) is 0 Å². The Labute approximate surface area is 152 Å². The summed E-state index contributed by atoms with van der Waals surface area (Å²) in [5.74, 6) is -2.76. The number of fused-ring (bicyclic) bond motifs is 1. The fourth-order valence-electron chi connectivity index (χ4n) is 2.59. The van der Waals surface area contributed by atoms with E-state index in [1.165, 1.54) is 10.6 Å². The van der Waals surface area contributed by atoms with Crippen molar-refractivity contribution >= 4 is 17.3 Å². The number of aromatic nitrogens is 3. The van der Waals surface area contributed by atoms with E-state index in [-0.39, 0.29) is 0 Å². The van der Waals surface area contributed by atoms with Gasteiger partial charge in [0.05, 0.1) is 35.9 Å². The molecule has 0 aromatic carbocycles. The van der Waals surface area contributed by atoms with Crippen molar-refractivity contribution in [2.75, 3.05) is 20.3 Å². The topological polar surface area (TPSA) is 80.5 Å². The molecule has 144 valence electrons. The molecule has 1 atom stereocenters. The van der Waals surface area contributed by atoms with Crippen LogP contribution in [0.1, 0.15) is 22.3 Å². The predicted octanol–water partition coefficient (Wildman–Crippen LogP) is 2.48. The van der Waals surface area contributed by atoms with Gasteiger partial charge in [0.25, 0.3) is 0 Å². The summed E-state index contributed by atoms with van der Waals surface area (Å²) in [6.07, 6.45) is -1.22. The highest BCUT2D eigenvalue weighted by Gasteiger charge is 2.38. The zero-order chi connectivity index (χ0) is 19.3. The van der Waals surface area contributed by atoms with Gasteiger partial charge >= 0.3 is 12.1 Å². The first kappa shape index (κ1) is 20.3. The van der Waals surface area contributed by atoms with Crippen LogP contribution >= 0.6 is 11.3 Å². The Morgan fingerprint density at radius 3 is 2.73 bits per heavy atom. The maximum Gasteiger partial charge on any atom is 0.490 e. The Kier molecular flexibility index (Phi) is 6.73. The molecule has 1 aliphatic heterocycles. The van der Waals surface area contributed by atoms with E-state index in [1.54, 1.807) is 18.4 Å². The molecule has 0 fully saturated rings. The maximum absolute atomic E-state index is 10.6. The second-order valence-corrected chi connectivity index (χ2v) is 6.67. The summed E-state index contributed by atoms with van der Waals surface area (Å²) in [5.41, 5.74) is 4.33. The second kappa shape index (κ2) is 8.60. The summed E-state index contributed by atoms with van der Waals surface area (Å²) in [4.78, 5) is 21.3. The van der Waals surface area contributed by atoms with Crippen LogP contribution in [0.4, 0.5) is 13.2 Å². The molecule has 26 heavy (non-hydrogen) atoms. The second-order valence-electron chi connectivity index (χ2n) is 5.73. The standard InChI is InChI=1S/C13H18N4OS.C2HF3O2/c1-10-13(19-9-15-10)6-16-4-11-3-14-8-17(11)12(5-16)7-18-2;3-2(4,5)1(6)7/h3,8-9,12H,4-7H2,1-2H3;(H,6,7). The van der Waals surface area contributed by atoms with E-state index in [9.17, 15) is 13.2 Å². The number of methoxy groups -OCH3 is 1. The lowest BCUT2D eigenvalue weighted by atomic mass is 10.2.